The van der Waals surface area contributed by atoms with Gasteiger partial charge in [-0.25, -0.2) is 9.87 Å². The first-order valence-electron chi connectivity index (χ1n) is 3.89. The Morgan fingerprint density at radius 2 is 2.23 bits per heavy atom. The van der Waals surface area contributed by atoms with Crippen LogP contribution in [-0.2, 0) is 6.54 Å². The first-order valence-corrected chi connectivity index (χ1v) is 5.11. The monoisotopic (exact) mass is 201 g/mol. The van der Waals surface area contributed by atoms with Gasteiger partial charge in [0.2, 0.25) is 0 Å². The third-order valence-corrected chi connectivity index (χ3v) is 2.71. The first-order chi connectivity index (χ1) is 6.19. The van der Waals surface area contributed by atoms with E-state index < -0.39 is 0 Å². The highest BCUT2D eigenvalue weighted by atomic mass is 32.2. The van der Waals surface area contributed by atoms with Crippen LogP contribution in [0.5, 0.6) is 0 Å². The number of rotatable bonds is 3. The highest BCUT2D eigenvalue weighted by molar-refractivity contribution is 7.98. The van der Waals surface area contributed by atoms with Gasteiger partial charge < -0.3 is 5.21 Å². The molecule has 4 heteroatoms. The zero-order chi connectivity index (χ0) is 9.84. The molecule has 1 aromatic rings. The number of hydroxylamine groups is 1. The van der Waals surface area contributed by atoms with Crippen molar-refractivity contribution in [2.75, 3.05) is 6.26 Å². The summed E-state index contributed by atoms with van der Waals surface area (Å²) in [5.41, 5.74) is 3.35. The van der Waals surface area contributed by atoms with Crippen molar-refractivity contribution < 1.29 is 9.60 Å². The van der Waals surface area contributed by atoms with Gasteiger partial charge in [0.05, 0.1) is 0 Å². The number of aryl methyl sites for hydroxylation is 1. The van der Waals surface area contributed by atoms with Crippen LogP contribution in [0, 0.1) is 12.7 Å². The second kappa shape index (κ2) is 4.60. The van der Waals surface area contributed by atoms with Gasteiger partial charge in [-0.1, -0.05) is 0 Å². The average Bonchev–Trinajstić information content (AvgIpc) is 2.10. The van der Waals surface area contributed by atoms with Gasteiger partial charge in [0.15, 0.2) is 0 Å². The summed E-state index contributed by atoms with van der Waals surface area (Å²) in [4.78, 5) is 1.03. The summed E-state index contributed by atoms with van der Waals surface area (Å²) >= 11 is 1.57. The topological polar surface area (TPSA) is 32.3 Å². The van der Waals surface area contributed by atoms with E-state index in [0.717, 1.165) is 10.5 Å². The van der Waals surface area contributed by atoms with Crippen LogP contribution in [0.3, 0.4) is 0 Å². The molecule has 0 bridgehead atoms. The molecular formula is C9H12FNOS. The SMILES string of the molecule is CSc1cc(CNO)c(F)cc1C. The fraction of sp³-hybridized carbons (Fsp3) is 0.333. The second-order valence-electron chi connectivity index (χ2n) is 2.75. The molecule has 1 aromatic carbocycles. The molecule has 0 atom stereocenters. The van der Waals surface area contributed by atoms with Crippen LogP contribution in [-0.4, -0.2) is 11.5 Å². The van der Waals surface area contributed by atoms with Crippen LogP contribution in [0.2, 0.25) is 0 Å². The third-order valence-electron chi connectivity index (χ3n) is 1.83. The Kier molecular flexibility index (Phi) is 3.71. The van der Waals surface area contributed by atoms with Crippen LogP contribution in [0.25, 0.3) is 0 Å². The van der Waals surface area contributed by atoms with Gasteiger partial charge in [-0.15, -0.1) is 11.8 Å². The molecule has 1 rings (SSSR count). The fourth-order valence-corrected chi connectivity index (χ4v) is 1.78. The molecule has 2 N–H and O–H groups in total. The summed E-state index contributed by atoms with van der Waals surface area (Å²) in [6.45, 7) is 2.00. The summed E-state index contributed by atoms with van der Waals surface area (Å²) in [6.07, 6.45) is 1.94. The fourth-order valence-electron chi connectivity index (χ4n) is 1.14. The Morgan fingerprint density at radius 3 is 2.77 bits per heavy atom. The molecule has 0 unspecified atom stereocenters. The molecule has 0 saturated carbocycles. The van der Waals surface area contributed by atoms with Crippen molar-refractivity contribution in [3.05, 3.63) is 29.1 Å². The van der Waals surface area contributed by atoms with Crippen molar-refractivity contribution in [3.8, 4) is 0 Å². The van der Waals surface area contributed by atoms with Crippen molar-refractivity contribution in [3.63, 3.8) is 0 Å². The summed E-state index contributed by atoms with van der Waals surface area (Å²) < 4.78 is 13.2. The van der Waals surface area contributed by atoms with E-state index in [9.17, 15) is 4.39 Å². The predicted molar refractivity (Wildman–Crippen MR) is 51.5 cm³/mol. The maximum Gasteiger partial charge on any atom is 0.128 e. The number of thioether (sulfide) groups is 1. The van der Waals surface area contributed by atoms with Gasteiger partial charge in [-0.05, 0) is 30.9 Å². The summed E-state index contributed by atoms with van der Waals surface area (Å²) in [6, 6.07) is 3.23. The van der Waals surface area contributed by atoms with E-state index in [1.165, 1.54) is 6.07 Å². The number of hydrogen-bond acceptors (Lipinski definition) is 3. The molecule has 0 amide bonds. The largest absolute Gasteiger partial charge is 0.316 e. The molecule has 0 saturated heterocycles. The zero-order valence-electron chi connectivity index (χ0n) is 7.60. The standard InChI is InChI=1S/C9H12FNOS/c1-6-3-8(10)7(5-11-12)4-9(6)13-2/h3-4,11-12H,5H2,1-2H3. The minimum absolute atomic E-state index is 0.139. The molecule has 0 radical (unpaired) electrons. The van der Waals surface area contributed by atoms with Gasteiger partial charge in [-0.2, -0.15) is 0 Å². The van der Waals surface area contributed by atoms with Crippen molar-refractivity contribution in [1.29, 1.82) is 0 Å². The van der Waals surface area contributed by atoms with Crippen LogP contribution in [0.4, 0.5) is 4.39 Å². The minimum atomic E-state index is -0.281. The van der Waals surface area contributed by atoms with Gasteiger partial charge in [0.25, 0.3) is 0 Å². The van der Waals surface area contributed by atoms with E-state index in [2.05, 4.69) is 0 Å². The van der Waals surface area contributed by atoms with Crippen molar-refractivity contribution in [2.45, 2.75) is 18.4 Å². The lowest BCUT2D eigenvalue weighted by Crippen LogP contribution is -2.08. The first kappa shape index (κ1) is 10.5. The van der Waals surface area contributed by atoms with Gasteiger partial charge in [0, 0.05) is 17.0 Å². The van der Waals surface area contributed by atoms with E-state index >= 15 is 0 Å². The number of benzene rings is 1. The molecular weight excluding hydrogens is 189 g/mol. The molecule has 0 fully saturated rings. The lowest BCUT2D eigenvalue weighted by molar-refractivity contribution is 0.160. The Balaban J connectivity index is 3.06. The van der Waals surface area contributed by atoms with Crippen molar-refractivity contribution >= 4 is 11.8 Å². The zero-order valence-corrected chi connectivity index (χ0v) is 8.41. The van der Waals surface area contributed by atoms with Crippen LogP contribution in [0.1, 0.15) is 11.1 Å². The summed E-state index contributed by atoms with van der Waals surface area (Å²) in [5.74, 6) is -0.281. The predicted octanol–water partition coefficient (Wildman–Crippen LogP) is 2.33. The number of hydrogen-bond donors (Lipinski definition) is 2. The summed E-state index contributed by atoms with van der Waals surface area (Å²) in [7, 11) is 0. The third kappa shape index (κ3) is 2.43. The highest BCUT2D eigenvalue weighted by Gasteiger charge is 2.05. The number of halogens is 1. The molecule has 2 nitrogen and oxygen atoms in total. The Hall–Kier alpha value is -0.580. The van der Waals surface area contributed by atoms with Crippen LogP contribution in [0.15, 0.2) is 17.0 Å². The normalized spacial score (nSPS) is 10.5. The maximum absolute atomic E-state index is 13.2. The van der Waals surface area contributed by atoms with E-state index in [1.807, 2.05) is 18.7 Å². The van der Waals surface area contributed by atoms with Gasteiger partial charge >= 0.3 is 0 Å². The van der Waals surface area contributed by atoms with Crippen LogP contribution < -0.4 is 5.48 Å². The van der Waals surface area contributed by atoms with Gasteiger partial charge in [0.1, 0.15) is 5.82 Å². The molecule has 0 aromatic heterocycles. The number of nitrogens with one attached hydrogen (secondary N) is 1. The molecule has 13 heavy (non-hydrogen) atoms. The molecule has 0 aliphatic rings. The van der Waals surface area contributed by atoms with Crippen LogP contribution >= 0.6 is 11.8 Å². The van der Waals surface area contributed by atoms with E-state index in [4.69, 9.17) is 5.21 Å². The van der Waals surface area contributed by atoms with E-state index in [-0.39, 0.29) is 12.4 Å². The lowest BCUT2D eigenvalue weighted by Gasteiger charge is -2.07. The van der Waals surface area contributed by atoms with E-state index in [0.29, 0.717) is 5.56 Å². The highest BCUT2D eigenvalue weighted by Crippen LogP contribution is 2.23. The molecule has 72 valence electrons. The maximum atomic E-state index is 13.2. The second-order valence-corrected chi connectivity index (χ2v) is 3.60. The molecule has 0 spiro atoms. The van der Waals surface area contributed by atoms with Crippen molar-refractivity contribution in [2.24, 2.45) is 0 Å². The quantitative estimate of drug-likeness (QED) is 0.581. The molecule has 0 aliphatic carbocycles. The smallest absolute Gasteiger partial charge is 0.128 e. The van der Waals surface area contributed by atoms with Gasteiger partial charge in [-0.3, -0.25) is 0 Å². The molecule has 0 heterocycles. The minimum Gasteiger partial charge on any atom is -0.316 e. The Morgan fingerprint density at radius 1 is 1.54 bits per heavy atom. The Bertz CT molecular complexity index is 304. The Labute approximate surface area is 81.1 Å². The lowest BCUT2D eigenvalue weighted by atomic mass is 10.1. The molecule has 0 aliphatic heterocycles. The summed E-state index contributed by atoms with van der Waals surface area (Å²) in [5, 5.41) is 8.45. The average molecular weight is 201 g/mol. The van der Waals surface area contributed by atoms with E-state index in [1.54, 1.807) is 17.8 Å². The van der Waals surface area contributed by atoms with Crippen molar-refractivity contribution in [1.82, 2.24) is 5.48 Å².